The minimum atomic E-state index is -0.00611. The second-order valence-electron chi connectivity index (χ2n) is 8.33. The minimum Gasteiger partial charge on any atom is -0.383 e. The van der Waals surface area contributed by atoms with E-state index < -0.39 is 0 Å². The standard InChI is InChI=1S/C24H26N8O/c1-15-22(16-6-9-31(10-7-16)21(33)11-25)30-24-19(14-29-32(24)23(15)26)17-4-5-20(28-13-17)18-3-2-8-27-12-18/h2-5,8,12-14,16H,6-7,9-11,25-26H2,1H3. The molecule has 168 valence electrons. The first-order valence-corrected chi connectivity index (χ1v) is 11.0. The van der Waals surface area contributed by atoms with Crippen LogP contribution in [0.4, 0.5) is 5.82 Å². The monoisotopic (exact) mass is 442 g/mol. The molecule has 9 nitrogen and oxygen atoms in total. The van der Waals surface area contributed by atoms with Crippen LogP contribution in [0.1, 0.15) is 30.0 Å². The van der Waals surface area contributed by atoms with E-state index in [9.17, 15) is 4.79 Å². The van der Waals surface area contributed by atoms with Crippen LogP contribution in [0.15, 0.2) is 49.1 Å². The molecular formula is C24H26N8O. The Morgan fingerprint density at radius 3 is 2.61 bits per heavy atom. The van der Waals surface area contributed by atoms with Crippen molar-refractivity contribution in [2.45, 2.75) is 25.7 Å². The van der Waals surface area contributed by atoms with Gasteiger partial charge in [0.05, 0.1) is 24.1 Å². The zero-order valence-corrected chi connectivity index (χ0v) is 18.5. The molecule has 4 aromatic heterocycles. The van der Waals surface area contributed by atoms with E-state index in [4.69, 9.17) is 16.5 Å². The largest absolute Gasteiger partial charge is 0.383 e. The first-order valence-electron chi connectivity index (χ1n) is 11.0. The molecule has 0 aliphatic carbocycles. The van der Waals surface area contributed by atoms with Crippen LogP contribution in [-0.2, 0) is 4.79 Å². The van der Waals surface area contributed by atoms with Gasteiger partial charge in [-0.05, 0) is 38.0 Å². The molecule has 1 saturated heterocycles. The molecule has 1 fully saturated rings. The lowest BCUT2D eigenvalue weighted by Gasteiger charge is -2.32. The number of nitrogens with two attached hydrogens (primary N) is 2. The number of likely N-dealkylation sites (tertiary alicyclic amines) is 1. The maximum Gasteiger partial charge on any atom is 0.236 e. The van der Waals surface area contributed by atoms with Gasteiger partial charge in [-0.3, -0.25) is 14.8 Å². The molecule has 4 N–H and O–H groups in total. The Morgan fingerprint density at radius 2 is 1.94 bits per heavy atom. The van der Waals surface area contributed by atoms with Crippen LogP contribution in [0.25, 0.3) is 28.0 Å². The number of carbonyl (C=O) groups excluding carboxylic acids is 1. The third-order valence-electron chi connectivity index (χ3n) is 6.41. The lowest BCUT2D eigenvalue weighted by Crippen LogP contribution is -2.41. The van der Waals surface area contributed by atoms with Gasteiger partial charge in [0.25, 0.3) is 0 Å². The van der Waals surface area contributed by atoms with E-state index in [0.717, 1.165) is 46.5 Å². The fourth-order valence-electron chi connectivity index (χ4n) is 4.48. The van der Waals surface area contributed by atoms with Crippen molar-refractivity contribution in [3.05, 3.63) is 60.3 Å². The first-order chi connectivity index (χ1) is 16.1. The third-order valence-corrected chi connectivity index (χ3v) is 6.41. The van der Waals surface area contributed by atoms with Crippen molar-refractivity contribution in [3.63, 3.8) is 0 Å². The van der Waals surface area contributed by atoms with E-state index in [2.05, 4.69) is 15.1 Å². The van der Waals surface area contributed by atoms with Crippen LogP contribution in [0.3, 0.4) is 0 Å². The fourth-order valence-corrected chi connectivity index (χ4v) is 4.48. The average molecular weight is 443 g/mol. The number of nitrogens with zero attached hydrogens (tertiary/aromatic N) is 6. The van der Waals surface area contributed by atoms with Crippen LogP contribution >= 0.6 is 0 Å². The molecular weight excluding hydrogens is 416 g/mol. The van der Waals surface area contributed by atoms with Gasteiger partial charge in [0.1, 0.15) is 5.82 Å². The molecule has 1 aliphatic rings. The molecule has 33 heavy (non-hydrogen) atoms. The van der Waals surface area contributed by atoms with Gasteiger partial charge in [0.15, 0.2) is 5.65 Å². The predicted octanol–water partition coefficient (Wildman–Crippen LogP) is 2.41. The molecule has 0 unspecified atom stereocenters. The Hall–Kier alpha value is -3.85. The maximum absolute atomic E-state index is 11.9. The van der Waals surface area contributed by atoms with Crippen LogP contribution in [-0.4, -0.2) is 55.0 Å². The summed E-state index contributed by atoms with van der Waals surface area (Å²) in [6, 6.07) is 7.86. The van der Waals surface area contributed by atoms with Crippen molar-refractivity contribution in [3.8, 4) is 22.4 Å². The second kappa shape index (κ2) is 8.59. The highest BCUT2D eigenvalue weighted by atomic mass is 16.2. The lowest BCUT2D eigenvalue weighted by molar-refractivity contribution is -0.130. The zero-order valence-electron chi connectivity index (χ0n) is 18.5. The minimum absolute atomic E-state index is 0.00611. The topological polar surface area (TPSA) is 128 Å². The molecule has 1 amide bonds. The number of piperidine rings is 1. The normalized spacial score (nSPS) is 14.7. The highest BCUT2D eigenvalue weighted by Crippen LogP contribution is 2.34. The smallest absolute Gasteiger partial charge is 0.236 e. The van der Waals surface area contributed by atoms with E-state index in [-0.39, 0.29) is 18.4 Å². The molecule has 0 bridgehead atoms. The van der Waals surface area contributed by atoms with Gasteiger partial charge in [-0.25, -0.2) is 4.98 Å². The van der Waals surface area contributed by atoms with E-state index in [1.807, 2.05) is 42.3 Å². The number of fused-ring (bicyclic) bond motifs is 1. The molecule has 0 radical (unpaired) electrons. The SMILES string of the molecule is Cc1c(C2CCN(C(=O)CN)CC2)nc2c(-c3ccc(-c4cccnc4)nc3)cnn2c1N. The second-order valence-corrected chi connectivity index (χ2v) is 8.33. The number of hydrogen-bond acceptors (Lipinski definition) is 7. The summed E-state index contributed by atoms with van der Waals surface area (Å²) in [6.45, 7) is 3.39. The summed E-state index contributed by atoms with van der Waals surface area (Å²) >= 11 is 0. The van der Waals surface area contributed by atoms with Gasteiger partial charge in [-0.2, -0.15) is 9.61 Å². The molecule has 4 aromatic rings. The number of pyridine rings is 2. The number of anilines is 1. The van der Waals surface area contributed by atoms with Crippen molar-refractivity contribution in [1.82, 2.24) is 29.5 Å². The number of amides is 1. The van der Waals surface area contributed by atoms with Gasteiger partial charge < -0.3 is 16.4 Å². The molecule has 0 aromatic carbocycles. The molecule has 0 saturated carbocycles. The fraction of sp³-hybridized carbons (Fsp3) is 0.292. The Balaban J connectivity index is 1.48. The Labute approximate surface area is 191 Å². The molecule has 5 rings (SSSR count). The summed E-state index contributed by atoms with van der Waals surface area (Å²) in [5.41, 5.74) is 18.2. The van der Waals surface area contributed by atoms with Crippen molar-refractivity contribution >= 4 is 17.4 Å². The Morgan fingerprint density at radius 1 is 1.12 bits per heavy atom. The van der Waals surface area contributed by atoms with Gasteiger partial charge >= 0.3 is 0 Å². The molecule has 0 atom stereocenters. The molecule has 1 aliphatic heterocycles. The Bertz CT molecular complexity index is 1290. The summed E-state index contributed by atoms with van der Waals surface area (Å²) in [4.78, 5) is 27.6. The number of carbonyl (C=O) groups is 1. The van der Waals surface area contributed by atoms with Crippen molar-refractivity contribution in [2.24, 2.45) is 5.73 Å². The van der Waals surface area contributed by atoms with Gasteiger partial charge in [0.2, 0.25) is 5.91 Å². The van der Waals surface area contributed by atoms with Crippen LogP contribution in [0, 0.1) is 6.92 Å². The predicted molar refractivity (Wildman–Crippen MR) is 126 cm³/mol. The van der Waals surface area contributed by atoms with Gasteiger partial charge in [0, 0.05) is 59.9 Å². The molecule has 9 heteroatoms. The number of nitrogen functional groups attached to an aromatic ring is 1. The van der Waals surface area contributed by atoms with Crippen molar-refractivity contribution in [2.75, 3.05) is 25.4 Å². The van der Waals surface area contributed by atoms with Crippen molar-refractivity contribution in [1.29, 1.82) is 0 Å². The van der Waals surface area contributed by atoms with E-state index in [1.54, 1.807) is 23.1 Å². The quantitative estimate of drug-likeness (QED) is 0.496. The highest BCUT2D eigenvalue weighted by Gasteiger charge is 2.27. The summed E-state index contributed by atoms with van der Waals surface area (Å²) in [5.74, 6) is 0.808. The lowest BCUT2D eigenvalue weighted by atomic mass is 9.90. The van der Waals surface area contributed by atoms with Crippen LogP contribution in [0.5, 0.6) is 0 Å². The zero-order chi connectivity index (χ0) is 22.9. The molecule has 0 spiro atoms. The van der Waals surface area contributed by atoms with E-state index in [1.165, 1.54) is 0 Å². The number of hydrogen-bond donors (Lipinski definition) is 2. The summed E-state index contributed by atoms with van der Waals surface area (Å²) in [7, 11) is 0. The summed E-state index contributed by atoms with van der Waals surface area (Å²) in [6.07, 6.45) is 8.81. The number of rotatable bonds is 4. The third kappa shape index (κ3) is 3.80. The van der Waals surface area contributed by atoms with Crippen molar-refractivity contribution < 1.29 is 4.79 Å². The van der Waals surface area contributed by atoms with E-state index >= 15 is 0 Å². The summed E-state index contributed by atoms with van der Waals surface area (Å²) < 4.78 is 1.69. The van der Waals surface area contributed by atoms with E-state index in [0.29, 0.717) is 24.6 Å². The highest BCUT2D eigenvalue weighted by molar-refractivity contribution is 5.79. The van der Waals surface area contributed by atoms with Gasteiger partial charge in [-0.15, -0.1) is 0 Å². The maximum atomic E-state index is 11.9. The van der Waals surface area contributed by atoms with Crippen LogP contribution in [0.2, 0.25) is 0 Å². The molecule has 5 heterocycles. The van der Waals surface area contributed by atoms with Gasteiger partial charge in [-0.1, -0.05) is 6.07 Å². The Kier molecular flexibility index (Phi) is 5.47. The average Bonchev–Trinajstić information content (AvgIpc) is 3.30. The first kappa shape index (κ1) is 21.0. The number of aromatic nitrogens is 5. The van der Waals surface area contributed by atoms with Crippen LogP contribution < -0.4 is 11.5 Å². The summed E-state index contributed by atoms with van der Waals surface area (Å²) in [5, 5.41) is 4.49.